The average Bonchev–Trinajstić information content (AvgIpc) is 2.03. The maximum atomic E-state index is 10.4. The third kappa shape index (κ3) is 2.74. The van der Waals surface area contributed by atoms with Crippen LogP contribution in [0.5, 0.6) is 0 Å². The molecule has 0 saturated carbocycles. The summed E-state index contributed by atoms with van der Waals surface area (Å²) >= 11 is 0. The van der Waals surface area contributed by atoms with Gasteiger partial charge in [-0.3, -0.25) is 4.79 Å². The Kier molecular flexibility index (Phi) is 2.86. The lowest BCUT2D eigenvalue weighted by atomic mass is 10.2. The Labute approximate surface area is 72.2 Å². The summed E-state index contributed by atoms with van der Waals surface area (Å²) in [6.07, 6.45) is 0. The number of carbonyl (C=O) groups is 1. The molecule has 12 heavy (non-hydrogen) atoms. The van der Waals surface area contributed by atoms with E-state index in [9.17, 15) is 4.79 Å². The minimum absolute atomic E-state index is 0.256. The molecule has 0 aliphatic rings. The van der Waals surface area contributed by atoms with Crippen molar-refractivity contribution in [1.29, 1.82) is 0 Å². The first-order valence-corrected chi connectivity index (χ1v) is 3.73. The quantitative estimate of drug-likeness (QED) is 0.623. The minimum Gasteiger partial charge on any atom is -0.461 e. The molecule has 0 N–H and O–H groups in total. The highest BCUT2D eigenvalue weighted by molar-refractivity contribution is 5.65. The van der Waals surface area contributed by atoms with Crippen LogP contribution in [0.25, 0.3) is 0 Å². The number of carbonyl (C=O) groups excluding carboxylic acids is 1. The molecule has 1 aromatic carbocycles. The van der Waals surface area contributed by atoms with Crippen molar-refractivity contribution in [2.45, 2.75) is 13.5 Å². The number of ether oxygens (including phenoxy) is 1. The molecule has 0 heterocycles. The molecule has 2 nitrogen and oxygen atoms in total. The zero-order valence-corrected chi connectivity index (χ0v) is 7.04. The van der Waals surface area contributed by atoms with E-state index in [1.807, 2.05) is 24.3 Å². The van der Waals surface area contributed by atoms with Crippen LogP contribution in [-0.2, 0) is 16.1 Å². The molecule has 1 radical (unpaired) electrons. The molecule has 63 valence electrons. The highest BCUT2D eigenvalue weighted by Gasteiger charge is 1.94. The van der Waals surface area contributed by atoms with Crippen LogP contribution in [0.15, 0.2) is 24.3 Å². The van der Waals surface area contributed by atoms with E-state index in [1.54, 1.807) is 0 Å². The Balaban J connectivity index is 2.53. The van der Waals surface area contributed by atoms with Gasteiger partial charge in [-0.15, -0.1) is 0 Å². The lowest BCUT2D eigenvalue weighted by Gasteiger charge is -2.01. The van der Waals surface area contributed by atoms with Gasteiger partial charge in [0.25, 0.3) is 0 Å². The second-order valence-corrected chi connectivity index (χ2v) is 2.60. The zero-order valence-electron chi connectivity index (χ0n) is 7.04. The van der Waals surface area contributed by atoms with Gasteiger partial charge in [-0.05, 0) is 18.1 Å². The summed E-state index contributed by atoms with van der Waals surface area (Å²) in [5.41, 5.74) is 1.94. The Morgan fingerprint density at radius 1 is 1.42 bits per heavy atom. The number of hydrogen-bond donors (Lipinski definition) is 0. The lowest BCUT2D eigenvalue weighted by molar-refractivity contribution is -0.142. The van der Waals surface area contributed by atoms with Gasteiger partial charge >= 0.3 is 5.97 Å². The van der Waals surface area contributed by atoms with Crippen molar-refractivity contribution in [1.82, 2.24) is 0 Å². The third-order valence-electron chi connectivity index (χ3n) is 1.47. The summed E-state index contributed by atoms with van der Waals surface area (Å²) in [5.74, 6) is -0.256. The van der Waals surface area contributed by atoms with Gasteiger partial charge in [0.05, 0.1) is 0 Å². The first kappa shape index (κ1) is 8.78. The van der Waals surface area contributed by atoms with Crippen LogP contribution in [0.3, 0.4) is 0 Å². The van der Waals surface area contributed by atoms with Crippen molar-refractivity contribution in [3.63, 3.8) is 0 Å². The van der Waals surface area contributed by atoms with Gasteiger partial charge in [-0.25, -0.2) is 0 Å². The molecule has 1 rings (SSSR count). The van der Waals surface area contributed by atoms with Crippen molar-refractivity contribution >= 4 is 5.97 Å². The van der Waals surface area contributed by atoms with Crippen LogP contribution in [-0.4, -0.2) is 5.97 Å². The molecule has 1 aromatic rings. The maximum absolute atomic E-state index is 10.4. The predicted octanol–water partition coefficient (Wildman–Crippen LogP) is 1.93. The minimum atomic E-state index is -0.256. The predicted molar refractivity (Wildman–Crippen MR) is 46.4 cm³/mol. The van der Waals surface area contributed by atoms with Gasteiger partial charge < -0.3 is 4.74 Å². The Hall–Kier alpha value is -1.31. The molecule has 0 amide bonds. The fourth-order valence-corrected chi connectivity index (χ4v) is 0.820. The van der Waals surface area contributed by atoms with E-state index >= 15 is 0 Å². The van der Waals surface area contributed by atoms with E-state index in [1.165, 1.54) is 6.92 Å². The Morgan fingerprint density at radius 2 is 2.00 bits per heavy atom. The van der Waals surface area contributed by atoms with Gasteiger partial charge in [0.1, 0.15) is 6.61 Å². The van der Waals surface area contributed by atoms with Gasteiger partial charge in [-0.1, -0.05) is 24.3 Å². The standard InChI is InChI=1S/C10H11O2/c1-8-3-5-10(6-4-8)7-12-9(2)11/h3-6H,1,7H2,2H3. The highest BCUT2D eigenvalue weighted by atomic mass is 16.5. The third-order valence-corrected chi connectivity index (χ3v) is 1.47. The maximum Gasteiger partial charge on any atom is 0.302 e. The lowest BCUT2D eigenvalue weighted by Crippen LogP contribution is -1.98. The molecule has 0 spiro atoms. The SMILES string of the molecule is [CH2]c1ccc(COC(C)=O)cc1. The van der Waals surface area contributed by atoms with Crippen molar-refractivity contribution in [2.75, 3.05) is 0 Å². The van der Waals surface area contributed by atoms with Crippen LogP contribution in [0.1, 0.15) is 18.1 Å². The Morgan fingerprint density at radius 3 is 2.50 bits per heavy atom. The van der Waals surface area contributed by atoms with Crippen LogP contribution in [0.2, 0.25) is 0 Å². The molecular weight excluding hydrogens is 152 g/mol. The second kappa shape index (κ2) is 3.90. The number of rotatable bonds is 2. The molecule has 0 atom stereocenters. The Bertz CT molecular complexity index is 262. The van der Waals surface area contributed by atoms with Crippen LogP contribution >= 0.6 is 0 Å². The van der Waals surface area contributed by atoms with Gasteiger partial charge in [0.15, 0.2) is 0 Å². The second-order valence-electron chi connectivity index (χ2n) is 2.60. The molecule has 0 unspecified atom stereocenters. The van der Waals surface area contributed by atoms with Gasteiger partial charge in [0.2, 0.25) is 0 Å². The highest BCUT2D eigenvalue weighted by Crippen LogP contribution is 2.04. The summed E-state index contributed by atoms with van der Waals surface area (Å²) in [7, 11) is 0. The van der Waals surface area contributed by atoms with Crippen LogP contribution in [0, 0.1) is 6.92 Å². The fourth-order valence-electron chi connectivity index (χ4n) is 0.820. The van der Waals surface area contributed by atoms with Crippen LogP contribution < -0.4 is 0 Å². The van der Waals surface area contributed by atoms with Crippen molar-refractivity contribution in [3.8, 4) is 0 Å². The molecule has 0 aliphatic carbocycles. The first-order chi connectivity index (χ1) is 5.68. The smallest absolute Gasteiger partial charge is 0.302 e. The van der Waals surface area contributed by atoms with Gasteiger partial charge in [-0.2, -0.15) is 0 Å². The molecule has 0 saturated heterocycles. The normalized spacial score (nSPS) is 9.50. The summed E-state index contributed by atoms with van der Waals surface area (Å²) in [6.45, 7) is 5.49. The summed E-state index contributed by atoms with van der Waals surface area (Å²) < 4.78 is 4.81. The molecule has 0 bridgehead atoms. The van der Waals surface area contributed by atoms with Crippen molar-refractivity contribution in [2.24, 2.45) is 0 Å². The zero-order chi connectivity index (χ0) is 8.97. The first-order valence-electron chi connectivity index (χ1n) is 3.73. The molecular formula is C10H11O2. The molecule has 0 aromatic heterocycles. The van der Waals surface area contributed by atoms with Crippen LogP contribution in [0.4, 0.5) is 0 Å². The summed E-state index contributed by atoms with van der Waals surface area (Å²) in [6, 6.07) is 7.56. The monoisotopic (exact) mass is 163 g/mol. The molecule has 0 fully saturated rings. The number of hydrogen-bond acceptors (Lipinski definition) is 2. The summed E-state index contributed by atoms with van der Waals surface area (Å²) in [5, 5.41) is 0. The van der Waals surface area contributed by atoms with Crippen molar-refractivity contribution in [3.05, 3.63) is 42.3 Å². The van der Waals surface area contributed by atoms with E-state index in [-0.39, 0.29) is 5.97 Å². The number of esters is 1. The van der Waals surface area contributed by atoms with Crippen molar-refractivity contribution < 1.29 is 9.53 Å². The van der Waals surface area contributed by atoms with E-state index in [2.05, 4.69) is 6.92 Å². The van der Waals surface area contributed by atoms with E-state index in [0.717, 1.165) is 11.1 Å². The van der Waals surface area contributed by atoms with E-state index in [0.29, 0.717) is 6.61 Å². The van der Waals surface area contributed by atoms with E-state index in [4.69, 9.17) is 4.74 Å². The molecule has 2 heteroatoms. The largest absolute Gasteiger partial charge is 0.461 e. The fraction of sp³-hybridized carbons (Fsp3) is 0.200. The summed E-state index contributed by atoms with van der Waals surface area (Å²) in [4.78, 5) is 10.4. The number of benzene rings is 1. The van der Waals surface area contributed by atoms with E-state index < -0.39 is 0 Å². The topological polar surface area (TPSA) is 26.3 Å². The average molecular weight is 163 g/mol. The van der Waals surface area contributed by atoms with Gasteiger partial charge in [0, 0.05) is 6.92 Å². The molecule has 0 aliphatic heterocycles.